The Kier molecular flexibility index (Phi) is 9.35. The third-order valence-corrected chi connectivity index (χ3v) is 16.7. The fraction of sp³-hybridized carbons (Fsp3) is 0.0833. The van der Waals surface area contributed by atoms with Crippen LogP contribution in [0.4, 0.5) is 17.1 Å². The van der Waals surface area contributed by atoms with Crippen LogP contribution in [-0.2, 0) is 10.8 Å². The van der Waals surface area contributed by atoms with E-state index in [2.05, 4.69) is 274 Å². The summed E-state index contributed by atoms with van der Waals surface area (Å²) < 4.78 is 8.76. The molecule has 356 valence electrons. The summed E-state index contributed by atoms with van der Waals surface area (Å²) in [6, 6.07) is 89.5. The minimum absolute atomic E-state index is 0.229. The SMILES string of the molecule is CC1(C)c2cc(N(c3ccc(-c4cccc5oc6ccccc6c45)cc3)c3ccc4c5ccccc5n(-c5ccccc5)c4c3)ccc2-c2cc3c(cc21)-c1cc(-c2ccccc2)cc(-c2ccccc2)c1C3(C)C. The van der Waals surface area contributed by atoms with Gasteiger partial charge in [0.25, 0.3) is 0 Å². The van der Waals surface area contributed by atoms with Gasteiger partial charge in [-0.3, -0.25) is 0 Å². The molecule has 15 rings (SSSR count). The minimum Gasteiger partial charge on any atom is -0.456 e. The molecule has 2 aliphatic carbocycles. The van der Waals surface area contributed by atoms with Crippen molar-refractivity contribution in [3.63, 3.8) is 0 Å². The number of benzene rings is 11. The smallest absolute Gasteiger partial charge is 0.136 e. The van der Waals surface area contributed by atoms with Gasteiger partial charge in [0.15, 0.2) is 0 Å². The Hall–Kier alpha value is -9.18. The molecule has 11 aromatic carbocycles. The second-order valence-electron chi connectivity index (χ2n) is 21.7. The predicted octanol–water partition coefficient (Wildman–Crippen LogP) is 19.8. The number of furan rings is 1. The van der Waals surface area contributed by atoms with E-state index < -0.39 is 0 Å². The van der Waals surface area contributed by atoms with Crippen LogP contribution in [-0.4, -0.2) is 4.57 Å². The van der Waals surface area contributed by atoms with E-state index in [1.807, 2.05) is 6.07 Å². The Balaban J connectivity index is 0.899. The zero-order chi connectivity index (χ0) is 50.2. The predicted molar refractivity (Wildman–Crippen MR) is 314 cm³/mol. The minimum atomic E-state index is -0.285. The lowest BCUT2D eigenvalue weighted by Gasteiger charge is -2.28. The highest BCUT2D eigenvalue weighted by molar-refractivity contribution is 6.13. The molecule has 0 bridgehead atoms. The van der Waals surface area contributed by atoms with Crippen LogP contribution in [0.1, 0.15) is 49.9 Å². The Labute approximate surface area is 437 Å². The molecule has 0 aliphatic heterocycles. The van der Waals surface area contributed by atoms with E-state index in [0.717, 1.165) is 61.3 Å². The summed E-state index contributed by atoms with van der Waals surface area (Å²) in [5, 5.41) is 4.74. The number of fused-ring (bicyclic) bond motifs is 12. The number of rotatable bonds is 7. The van der Waals surface area contributed by atoms with Gasteiger partial charge in [0.05, 0.1) is 11.0 Å². The molecule has 3 heteroatoms. The lowest BCUT2D eigenvalue weighted by Crippen LogP contribution is -2.18. The maximum atomic E-state index is 6.35. The molecule has 2 aliphatic rings. The molecule has 0 atom stereocenters. The van der Waals surface area contributed by atoms with E-state index >= 15 is 0 Å². The second kappa shape index (κ2) is 16.2. The quantitative estimate of drug-likeness (QED) is 0.159. The first kappa shape index (κ1) is 43.4. The van der Waals surface area contributed by atoms with Crippen molar-refractivity contribution in [3.05, 3.63) is 265 Å². The maximum absolute atomic E-state index is 6.35. The van der Waals surface area contributed by atoms with E-state index in [9.17, 15) is 0 Å². The summed E-state index contributed by atoms with van der Waals surface area (Å²) in [4.78, 5) is 2.46. The van der Waals surface area contributed by atoms with E-state index in [-0.39, 0.29) is 10.8 Å². The van der Waals surface area contributed by atoms with Crippen LogP contribution in [0.2, 0.25) is 0 Å². The summed E-state index contributed by atoms with van der Waals surface area (Å²) in [6.45, 7) is 9.71. The van der Waals surface area contributed by atoms with Crippen molar-refractivity contribution in [2.75, 3.05) is 4.90 Å². The molecule has 0 fully saturated rings. The van der Waals surface area contributed by atoms with Crippen LogP contribution < -0.4 is 4.90 Å². The van der Waals surface area contributed by atoms with Gasteiger partial charge in [0, 0.05) is 55.1 Å². The van der Waals surface area contributed by atoms with Crippen LogP contribution in [0.15, 0.2) is 247 Å². The van der Waals surface area contributed by atoms with Crippen LogP contribution in [0, 0.1) is 0 Å². The number of hydrogen-bond donors (Lipinski definition) is 0. The van der Waals surface area contributed by atoms with Crippen molar-refractivity contribution < 1.29 is 4.42 Å². The zero-order valence-electron chi connectivity index (χ0n) is 42.4. The fourth-order valence-corrected chi connectivity index (χ4v) is 13.2. The summed E-state index contributed by atoms with van der Waals surface area (Å²) in [6.07, 6.45) is 0. The molecule has 13 aromatic rings. The Morgan fingerprint density at radius 1 is 0.333 bits per heavy atom. The van der Waals surface area contributed by atoms with Gasteiger partial charge in [-0.25, -0.2) is 0 Å². The van der Waals surface area contributed by atoms with Crippen LogP contribution in [0.3, 0.4) is 0 Å². The molecule has 0 N–H and O–H groups in total. The molecule has 3 nitrogen and oxygen atoms in total. The highest BCUT2D eigenvalue weighted by Gasteiger charge is 2.43. The lowest BCUT2D eigenvalue weighted by molar-refractivity contribution is 0.653. The number of hydrogen-bond acceptors (Lipinski definition) is 2. The van der Waals surface area contributed by atoms with Crippen molar-refractivity contribution in [1.29, 1.82) is 0 Å². The average Bonchev–Trinajstić information content (AvgIpc) is 4.23. The van der Waals surface area contributed by atoms with Gasteiger partial charge in [0.1, 0.15) is 11.2 Å². The van der Waals surface area contributed by atoms with Gasteiger partial charge in [-0.1, -0.05) is 179 Å². The average molecular weight is 961 g/mol. The first-order valence-corrected chi connectivity index (χ1v) is 26.2. The van der Waals surface area contributed by atoms with Gasteiger partial charge >= 0.3 is 0 Å². The highest BCUT2D eigenvalue weighted by atomic mass is 16.3. The summed E-state index contributed by atoms with van der Waals surface area (Å²) in [5.41, 5.74) is 26.2. The van der Waals surface area contributed by atoms with Crippen molar-refractivity contribution in [1.82, 2.24) is 4.57 Å². The van der Waals surface area contributed by atoms with Gasteiger partial charge < -0.3 is 13.9 Å². The molecule has 2 aromatic heterocycles. The molecular weight excluding hydrogens is 909 g/mol. The van der Waals surface area contributed by atoms with Gasteiger partial charge in [-0.15, -0.1) is 0 Å². The number of anilines is 3. The lowest BCUT2D eigenvalue weighted by atomic mass is 9.77. The van der Waals surface area contributed by atoms with Crippen LogP contribution in [0.5, 0.6) is 0 Å². The maximum Gasteiger partial charge on any atom is 0.136 e. The standard InChI is InChI=1S/C72H52N2O/c1-71(2)62-41-51(35-37-54(62)59-43-64-60(44-63(59)71)61-40-48(45-19-8-5-9-20-45)39-58(70(61)72(64,3)4)46-21-10-6-11-22-46)73(50-33-31-47(32-34-50)53-27-18-30-68-69(53)57-26-15-17-29-67(57)75-68)52-36-38-56-55-25-14-16-28-65(55)74(66(56)42-52)49-23-12-7-13-24-49/h5-44H,1-4H3. The number of para-hydroxylation sites is 3. The topological polar surface area (TPSA) is 21.3 Å². The second-order valence-corrected chi connectivity index (χ2v) is 21.7. The fourth-order valence-electron chi connectivity index (χ4n) is 13.2. The van der Waals surface area contributed by atoms with E-state index in [0.29, 0.717) is 0 Å². The molecular formula is C72H52N2O. The highest BCUT2D eigenvalue weighted by Crippen LogP contribution is 2.59. The largest absolute Gasteiger partial charge is 0.456 e. The molecule has 0 unspecified atom stereocenters. The monoisotopic (exact) mass is 960 g/mol. The van der Waals surface area contributed by atoms with Gasteiger partial charge in [0.2, 0.25) is 0 Å². The molecule has 2 heterocycles. The number of nitrogens with zero attached hydrogens (tertiary/aromatic N) is 2. The molecule has 75 heavy (non-hydrogen) atoms. The summed E-state index contributed by atoms with van der Waals surface area (Å²) in [5.74, 6) is 0. The van der Waals surface area contributed by atoms with Crippen LogP contribution >= 0.6 is 0 Å². The normalized spacial score (nSPS) is 13.8. The third kappa shape index (κ3) is 6.47. The Morgan fingerprint density at radius 3 is 1.67 bits per heavy atom. The first-order chi connectivity index (χ1) is 36.7. The molecule has 0 amide bonds. The van der Waals surface area contributed by atoms with Crippen LogP contribution in [0.25, 0.3) is 105 Å². The van der Waals surface area contributed by atoms with Crippen molar-refractivity contribution >= 4 is 60.8 Å². The first-order valence-electron chi connectivity index (χ1n) is 26.2. The summed E-state index contributed by atoms with van der Waals surface area (Å²) in [7, 11) is 0. The Bertz CT molecular complexity index is 4440. The zero-order valence-corrected chi connectivity index (χ0v) is 42.4. The Morgan fingerprint density at radius 2 is 0.893 bits per heavy atom. The molecule has 0 saturated heterocycles. The van der Waals surface area contributed by atoms with Crippen molar-refractivity contribution in [3.8, 4) is 61.3 Å². The molecule has 0 spiro atoms. The summed E-state index contributed by atoms with van der Waals surface area (Å²) >= 11 is 0. The van der Waals surface area contributed by atoms with Crippen molar-refractivity contribution in [2.24, 2.45) is 0 Å². The molecule has 0 radical (unpaired) electrons. The number of aromatic nitrogens is 1. The van der Waals surface area contributed by atoms with E-state index in [1.165, 1.54) is 83.1 Å². The third-order valence-electron chi connectivity index (χ3n) is 16.7. The van der Waals surface area contributed by atoms with Gasteiger partial charge in [-0.05, 0) is 169 Å². The van der Waals surface area contributed by atoms with E-state index in [4.69, 9.17) is 4.42 Å². The van der Waals surface area contributed by atoms with Crippen molar-refractivity contribution in [2.45, 2.75) is 38.5 Å². The molecule has 0 saturated carbocycles. The van der Waals surface area contributed by atoms with E-state index in [1.54, 1.807) is 0 Å². The van der Waals surface area contributed by atoms with Gasteiger partial charge in [-0.2, -0.15) is 0 Å².